The van der Waals surface area contributed by atoms with E-state index >= 15 is 0 Å². The zero-order valence-corrected chi connectivity index (χ0v) is 15.2. The van der Waals surface area contributed by atoms with E-state index in [1.165, 1.54) is 21.1 Å². The molecule has 0 rings (SSSR count). The molecule has 0 saturated heterocycles. The van der Waals surface area contributed by atoms with Crippen LogP contribution in [-0.4, -0.2) is 38.1 Å². The van der Waals surface area contributed by atoms with Gasteiger partial charge in [-0.15, -0.1) is 0 Å². The number of carbonyl (C=O) groups is 3. The molecule has 0 heterocycles. The van der Waals surface area contributed by atoms with E-state index in [1.54, 1.807) is 0 Å². The monoisotopic (exact) mass is 508 g/mol. The molecule has 0 radical (unpaired) electrons. The maximum absolute atomic E-state index is 11.1. The van der Waals surface area contributed by atoms with Gasteiger partial charge in [-0.25, -0.2) is 4.79 Å². The van der Waals surface area contributed by atoms with Crippen LogP contribution in [0.4, 0.5) is 0 Å². The number of ether oxygens (including phenoxy) is 2. The first kappa shape index (κ1) is 19.8. The van der Waals surface area contributed by atoms with E-state index in [9.17, 15) is 14.4 Å². The molecule has 0 saturated carbocycles. The molecule has 17 heavy (non-hydrogen) atoms. The zero-order valence-electron chi connectivity index (χ0n) is 9.53. The van der Waals surface area contributed by atoms with Gasteiger partial charge < -0.3 is 14.8 Å². The summed E-state index contributed by atoms with van der Waals surface area (Å²) >= 11 is 4.74. The van der Waals surface area contributed by atoms with E-state index < -0.39 is 23.9 Å². The molecule has 0 spiro atoms. The fourth-order valence-electron chi connectivity index (χ4n) is 0.831. The van der Waals surface area contributed by atoms with E-state index in [1.807, 2.05) is 0 Å². The van der Waals surface area contributed by atoms with Crippen molar-refractivity contribution in [2.75, 3.05) is 14.2 Å². The van der Waals surface area contributed by atoms with Gasteiger partial charge in [0.15, 0.2) is 0 Å². The van der Waals surface area contributed by atoms with E-state index in [4.69, 9.17) is 0 Å². The fraction of sp³-hybridized carbons (Fsp3) is 0.625. The zero-order chi connectivity index (χ0) is 13.8. The molecule has 0 aliphatic rings. The molecule has 9 heteroatoms. The summed E-state index contributed by atoms with van der Waals surface area (Å²) in [6.45, 7) is 1.24. The van der Waals surface area contributed by atoms with Gasteiger partial charge >= 0.3 is 61.4 Å². The van der Waals surface area contributed by atoms with Crippen LogP contribution in [0.5, 0.6) is 0 Å². The quantitative estimate of drug-likeness (QED) is 0.453. The van der Waals surface area contributed by atoms with Crippen LogP contribution in [0.1, 0.15) is 13.3 Å². The fourth-order valence-corrected chi connectivity index (χ4v) is 0.831. The van der Waals surface area contributed by atoms with Crippen molar-refractivity contribution in [3.63, 3.8) is 0 Å². The number of carbonyl (C=O) groups excluding carboxylic acids is 3. The van der Waals surface area contributed by atoms with Crippen LogP contribution >= 0.6 is 40.0 Å². The van der Waals surface area contributed by atoms with Gasteiger partial charge in [-0.1, -0.05) is 0 Å². The van der Waals surface area contributed by atoms with Crippen molar-refractivity contribution in [1.82, 2.24) is 5.32 Å². The molecule has 0 bridgehead atoms. The molecule has 0 aromatic rings. The molecule has 0 fully saturated rings. The average molecular weight is 508 g/mol. The van der Waals surface area contributed by atoms with Crippen molar-refractivity contribution in [2.45, 2.75) is 19.4 Å². The van der Waals surface area contributed by atoms with Crippen LogP contribution < -0.4 is 5.32 Å². The summed E-state index contributed by atoms with van der Waals surface area (Å²) in [4.78, 5) is 32.6. The van der Waals surface area contributed by atoms with Crippen LogP contribution in [0, 0.1) is 0 Å². The van der Waals surface area contributed by atoms with Crippen LogP contribution in [-0.2, 0) is 33.3 Å². The number of nitrogens with one attached hydrogen (secondary N) is 1. The first-order chi connectivity index (χ1) is 7.92. The molecule has 1 amide bonds. The van der Waals surface area contributed by atoms with Crippen molar-refractivity contribution in [2.24, 2.45) is 0 Å². The van der Waals surface area contributed by atoms with Gasteiger partial charge in [-0.05, 0) is 0 Å². The molecule has 0 aliphatic heterocycles. The van der Waals surface area contributed by atoms with E-state index in [-0.39, 0.29) is 6.42 Å². The molecular formula is C8H13I2NO5V. The first-order valence-corrected chi connectivity index (χ1v) is 13.3. The van der Waals surface area contributed by atoms with Crippen molar-refractivity contribution in [1.29, 1.82) is 0 Å². The maximum atomic E-state index is 11.1. The molecule has 1 N–H and O–H groups in total. The van der Waals surface area contributed by atoms with Gasteiger partial charge in [0.2, 0.25) is 5.91 Å². The summed E-state index contributed by atoms with van der Waals surface area (Å²) in [5, 5.41) is 2.28. The van der Waals surface area contributed by atoms with Gasteiger partial charge in [-0.3, -0.25) is 9.59 Å². The van der Waals surface area contributed by atoms with Crippen LogP contribution in [0.15, 0.2) is 0 Å². The SMILES string of the molecule is COC(=O)CC(NC(C)=O)C(=O)OC.[I][V][I]. The summed E-state index contributed by atoms with van der Waals surface area (Å²) in [7, 11) is 3.00. The van der Waals surface area contributed by atoms with Gasteiger partial charge in [0.05, 0.1) is 20.6 Å². The second-order valence-electron chi connectivity index (χ2n) is 2.62. The second-order valence-corrected chi connectivity index (χ2v) is 14.4. The number of hydrogen-bond acceptors (Lipinski definition) is 5. The van der Waals surface area contributed by atoms with Crippen LogP contribution in [0.25, 0.3) is 0 Å². The normalized spacial score (nSPS) is 10.2. The van der Waals surface area contributed by atoms with Crippen LogP contribution in [0.3, 0.4) is 0 Å². The molecule has 1 unspecified atom stereocenters. The molecule has 6 nitrogen and oxygen atoms in total. The van der Waals surface area contributed by atoms with E-state index in [0.29, 0.717) is 9.47 Å². The Morgan fingerprint density at radius 2 is 1.71 bits per heavy atom. The number of amides is 1. The van der Waals surface area contributed by atoms with E-state index in [0.717, 1.165) is 0 Å². The van der Waals surface area contributed by atoms with Crippen LogP contribution in [0.2, 0.25) is 0 Å². The molecule has 99 valence electrons. The van der Waals surface area contributed by atoms with Gasteiger partial charge in [0.1, 0.15) is 6.04 Å². The summed E-state index contributed by atoms with van der Waals surface area (Å²) in [6, 6.07) is -0.982. The summed E-state index contributed by atoms with van der Waals surface area (Å²) in [6.07, 6.45) is -0.233. The topological polar surface area (TPSA) is 81.7 Å². The van der Waals surface area contributed by atoms with E-state index in [2.05, 4.69) is 54.7 Å². The van der Waals surface area contributed by atoms with Crippen molar-refractivity contribution in [3.8, 4) is 0 Å². The summed E-state index contributed by atoms with van der Waals surface area (Å²) in [5.41, 5.74) is 0. The second kappa shape index (κ2) is 12.9. The average Bonchev–Trinajstić information content (AvgIpc) is 2.27. The summed E-state index contributed by atoms with van der Waals surface area (Å²) in [5.74, 6) is -1.68. The Kier molecular flexibility index (Phi) is 15.0. The number of rotatable bonds is 4. The Morgan fingerprint density at radius 3 is 2.00 bits per heavy atom. The standard InChI is InChI=1S/C8H13NO5.2HI.V/c1-5(10)9-6(8(12)14-3)4-7(11)13-2;;;/h6H,4H2,1-3H3,(H,9,10);2*1H;/q;;;+2/p-2. The molecule has 1 atom stereocenters. The Hall–Kier alpha value is 0.454. The number of esters is 2. The minimum absolute atomic E-state index is 0.233. The van der Waals surface area contributed by atoms with Crippen molar-refractivity contribution < 1.29 is 33.3 Å². The van der Waals surface area contributed by atoms with Crippen molar-refractivity contribution >= 4 is 57.8 Å². The minimum atomic E-state index is -0.982. The number of hydrogen-bond donors (Lipinski definition) is 1. The molecular weight excluding hydrogens is 495 g/mol. The number of methoxy groups -OCH3 is 2. The Morgan fingerprint density at radius 1 is 1.24 bits per heavy atom. The van der Waals surface area contributed by atoms with Gasteiger partial charge in [-0.2, -0.15) is 0 Å². The van der Waals surface area contributed by atoms with Crippen molar-refractivity contribution in [3.05, 3.63) is 0 Å². The molecule has 0 aromatic carbocycles. The Bertz CT molecular complexity index is 264. The molecule has 0 aromatic heterocycles. The van der Waals surface area contributed by atoms with Gasteiger partial charge in [0.25, 0.3) is 0 Å². The third-order valence-corrected chi connectivity index (χ3v) is 1.46. The molecule has 0 aliphatic carbocycles. The summed E-state index contributed by atoms with van der Waals surface area (Å²) < 4.78 is 8.76. The van der Waals surface area contributed by atoms with Gasteiger partial charge in [0, 0.05) is 6.92 Å². The third-order valence-electron chi connectivity index (χ3n) is 1.46. The Balaban J connectivity index is 0. The predicted octanol–water partition coefficient (Wildman–Crippen LogP) is 0.996. The Labute approximate surface area is 129 Å². The third kappa shape index (κ3) is 12.7. The predicted molar refractivity (Wildman–Crippen MR) is 74.3 cm³/mol. The number of halogens is 2. The first-order valence-electron chi connectivity index (χ1n) is 4.26.